The SMILES string of the molecule is CCN1CCN(C(=O)[C@H](Cc2ccccc2)NC(=O)c2csc(Nc3ccc(OC)cc3)n2)CC1. The summed E-state index contributed by atoms with van der Waals surface area (Å²) in [5.74, 6) is 0.357. The number of methoxy groups -OCH3 is 1. The average Bonchev–Trinajstić information content (AvgIpc) is 3.37. The summed E-state index contributed by atoms with van der Waals surface area (Å²) in [5.41, 5.74) is 2.13. The number of thiazole rings is 1. The Labute approximate surface area is 209 Å². The molecule has 9 heteroatoms. The molecule has 4 rings (SSSR count). The number of carbonyl (C=O) groups is 2. The van der Waals surface area contributed by atoms with Crippen LogP contribution in [0.2, 0.25) is 0 Å². The number of amides is 2. The highest BCUT2D eigenvalue weighted by Gasteiger charge is 2.29. The number of rotatable bonds is 9. The molecule has 35 heavy (non-hydrogen) atoms. The molecule has 1 fully saturated rings. The van der Waals surface area contributed by atoms with Crippen molar-refractivity contribution in [2.75, 3.05) is 45.2 Å². The molecule has 1 aromatic heterocycles. The lowest BCUT2D eigenvalue weighted by Gasteiger charge is -2.36. The van der Waals surface area contributed by atoms with E-state index in [9.17, 15) is 9.59 Å². The fraction of sp³-hybridized carbons (Fsp3) is 0.346. The van der Waals surface area contributed by atoms with Crippen molar-refractivity contribution in [1.29, 1.82) is 0 Å². The van der Waals surface area contributed by atoms with E-state index in [1.54, 1.807) is 12.5 Å². The number of nitrogens with zero attached hydrogens (tertiary/aromatic N) is 3. The highest BCUT2D eigenvalue weighted by Crippen LogP contribution is 2.23. The Morgan fingerprint density at radius 1 is 1.06 bits per heavy atom. The van der Waals surface area contributed by atoms with E-state index in [2.05, 4.69) is 27.4 Å². The second-order valence-electron chi connectivity index (χ2n) is 8.37. The van der Waals surface area contributed by atoms with Crippen LogP contribution >= 0.6 is 11.3 Å². The normalized spacial score (nSPS) is 14.9. The van der Waals surface area contributed by atoms with Crippen LogP contribution in [0.3, 0.4) is 0 Å². The molecule has 2 amide bonds. The van der Waals surface area contributed by atoms with Crippen LogP contribution in [0, 0.1) is 0 Å². The molecule has 8 nitrogen and oxygen atoms in total. The standard InChI is InChI=1S/C26H31N5O3S/c1-3-30-13-15-31(16-14-30)25(33)22(17-19-7-5-4-6-8-19)28-24(32)23-18-35-26(29-23)27-20-9-11-21(34-2)12-10-20/h4-12,18,22H,3,13-17H2,1-2H3,(H,27,29)(H,28,32)/t22-/m0/s1. The number of likely N-dealkylation sites (N-methyl/N-ethyl adjacent to an activating group) is 1. The Hall–Kier alpha value is -3.43. The number of hydrogen-bond donors (Lipinski definition) is 2. The number of anilines is 2. The number of nitrogens with one attached hydrogen (secondary N) is 2. The van der Waals surface area contributed by atoms with E-state index in [0.717, 1.165) is 36.6 Å². The molecule has 0 radical (unpaired) electrons. The van der Waals surface area contributed by atoms with Gasteiger partial charge in [0.15, 0.2) is 5.13 Å². The summed E-state index contributed by atoms with van der Waals surface area (Å²) in [5, 5.41) is 8.45. The molecule has 1 atom stereocenters. The molecule has 1 aliphatic rings. The zero-order chi connectivity index (χ0) is 24.6. The maximum Gasteiger partial charge on any atom is 0.271 e. The quantitative estimate of drug-likeness (QED) is 0.475. The molecular weight excluding hydrogens is 462 g/mol. The molecule has 2 heterocycles. The minimum Gasteiger partial charge on any atom is -0.497 e. The third-order valence-electron chi connectivity index (χ3n) is 6.10. The first-order valence-corrected chi connectivity index (χ1v) is 12.7. The lowest BCUT2D eigenvalue weighted by Crippen LogP contribution is -2.55. The van der Waals surface area contributed by atoms with E-state index in [0.29, 0.717) is 24.6 Å². The van der Waals surface area contributed by atoms with Crippen molar-refractivity contribution in [3.05, 3.63) is 71.2 Å². The Bertz CT molecular complexity index is 1110. The van der Waals surface area contributed by atoms with Gasteiger partial charge in [0, 0.05) is 43.7 Å². The van der Waals surface area contributed by atoms with Crippen molar-refractivity contribution < 1.29 is 14.3 Å². The van der Waals surface area contributed by atoms with Crippen LogP contribution in [0.15, 0.2) is 60.0 Å². The van der Waals surface area contributed by atoms with Crippen LogP contribution in [0.5, 0.6) is 5.75 Å². The van der Waals surface area contributed by atoms with Crippen molar-refractivity contribution in [3.63, 3.8) is 0 Å². The van der Waals surface area contributed by atoms with Gasteiger partial charge in [-0.3, -0.25) is 9.59 Å². The summed E-state index contributed by atoms with van der Waals surface area (Å²) in [7, 11) is 1.62. The average molecular weight is 494 g/mol. The monoisotopic (exact) mass is 493 g/mol. The van der Waals surface area contributed by atoms with Gasteiger partial charge in [0.1, 0.15) is 17.5 Å². The fourth-order valence-electron chi connectivity index (χ4n) is 4.02. The lowest BCUT2D eigenvalue weighted by atomic mass is 10.0. The smallest absolute Gasteiger partial charge is 0.271 e. The maximum atomic E-state index is 13.4. The molecule has 2 N–H and O–H groups in total. The molecule has 184 valence electrons. The van der Waals surface area contributed by atoms with Gasteiger partial charge in [-0.25, -0.2) is 4.98 Å². The zero-order valence-electron chi connectivity index (χ0n) is 20.1. The van der Waals surface area contributed by atoms with E-state index in [1.165, 1.54) is 11.3 Å². The first kappa shape index (κ1) is 24.7. The van der Waals surface area contributed by atoms with Crippen molar-refractivity contribution in [1.82, 2.24) is 20.1 Å². The number of piperazine rings is 1. The van der Waals surface area contributed by atoms with E-state index in [-0.39, 0.29) is 17.5 Å². The van der Waals surface area contributed by atoms with Gasteiger partial charge in [0.2, 0.25) is 5.91 Å². The summed E-state index contributed by atoms with van der Waals surface area (Å²) in [4.78, 5) is 35.1. The molecule has 2 aromatic carbocycles. The molecule has 3 aromatic rings. The van der Waals surface area contributed by atoms with Crippen LogP contribution in [0.1, 0.15) is 23.0 Å². The zero-order valence-corrected chi connectivity index (χ0v) is 20.9. The number of benzene rings is 2. The first-order valence-electron chi connectivity index (χ1n) is 11.8. The number of hydrogen-bond acceptors (Lipinski definition) is 7. The third-order valence-corrected chi connectivity index (χ3v) is 6.85. The fourth-order valence-corrected chi connectivity index (χ4v) is 4.73. The summed E-state index contributed by atoms with van der Waals surface area (Å²) in [6.45, 7) is 6.13. The molecule has 0 bridgehead atoms. The molecule has 1 aliphatic heterocycles. The van der Waals surface area contributed by atoms with Crippen molar-refractivity contribution >= 4 is 34.0 Å². The minimum atomic E-state index is -0.655. The third kappa shape index (κ3) is 6.58. The molecule has 0 unspecified atom stereocenters. The maximum absolute atomic E-state index is 13.4. The van der Waals surface area contributed by atoms with E-state index < -0.39 is 6.04 Å². The first-order chi connectivity index (χ1) is 17.1. The minimum absolute atomic E-state index is 0.0511. The number of ether oxygens (including phenoxy) is 1. The van der Waals surface area contributed by atoms with Gasteiger partial charge in [0.25, 0.3) is 5.91 Å². The van der Waals surface area contributed by atoms with E-state index in [4.69, 9.17) is 4.74 Å². The van der Waals surface area contributed by atoms with Gasteiger partial charge in [-0.15, -0.1) is 11.3 Å². The molecular formula is C26H31N5O3S. The second kappa shape index (κ2) is 11.8. The number of aromatic nitrogens is 1. The summed E-state index contributed by atoms with van der Waals surface area (Å²) >= 11 is 1.34. The number of carbonyl (C=O) groups excluding carboxylic acids is 2. The summed E-state index contributed by atoms with van der Waals surface area (Å²) < 4.78 is 5.18. The van der Waals surface area contributed by atoms with Gasteiger partial charge in [-0.05, 0) is 36.4 Å². The molecule has 0 aliphatic carbocycles. The van der Waals surface area contributed by atoms with Crippen LogP contribution in [-0.4, -0.2) is 72.5 Å². The van der Waals surface area contributed by atoms with Crippen molar-refractivity contribution in [2.45, 2.75) is 19.4 Å². The second-order valence-corrected chi connectivity index (χ2v) is 9.22. The van der Waals surface area contributed by atoms with Crippen LogP contribution < -0.4 is 15.4 Å². The van der Waals surface area contributed by atoms with E-state index >= 15 is 0 Å². The van der Waals surface area contributed by atoms with Crippen molar-refractivity contribution in [2.24, 2.45) is 0 Å². The molecule has 0 saturated carbocycles. The Kier molecular flexibility index (Phi) is 8.33. The van der Waals surface area contributed by atoms with Gasteiger partial charge in [0.05, 0.1) is 7.11 Å². The van der Waals surface area contributed by atoms with Gasteiger partial charge in [-0.1, -0.05) is 37.3 Å². The van der Waals surface area contributed by atoms with E-state index in [1.807, 2.05) is 59.5 Å². The van der Waals surface area contributed by atoms with Gasteiger partial charge in [-0.2, -0.15) is 0 Å². The largest absolute Gasteiger partial charge is 0.497 e. The van der Waals surface area contributed by atoms with Crippen molar-refractivity contribution in [3.8, 4) is 5.75 Å². The topological polar surface area (TPSA) is 86.8 Å². The molecule has 1 saturated heterocycles. The van der Waals surface area contributed by atoms with Crippen LogP contribution in [0.25, 0.3) is 0 Å². The van der Waals surface area contributed by atoms with Gasteiger partial charge < -0.3 is 25.2 Å². The Balaban J connectivity index is 1.44. The predicted molar refractivity (Wildman–Crippen MR) is 138 cm³/mol. The summed E-state index contributed by atoms with van der Waals surface area (Å²) in [6, 6.07) is 16.6. The highest BCUT2D eigenvalue weighted by molar-refractivity contribution is 7.14. The van der Waals surface area contributed by atoms with Crippen LogP contribution in [-0.2, 0) is 11.2 Å². The van der Waals surface area contributed by atoms with Crippen LogP contribution in [0.4, 0.5) is 10.8 Å². The van der Waals surface area contributed by atoms with Gasteiger partial charge >= 0.3 is 0 Å². The summed E-state index contributed by atoms with van der Waals surface area (Å²) in [6.07, 6.45) is 0.431. The lowest BCUT2D eigenvalue weighted by molar-refractivity contribution is -0.135. The Morgan fingerprint density at radius 2 is 1.77 bits per heavy atom. The predicted octanol–water partition coefficient (Wildman–Crippen LogP) is 3.40. The Morgan fingerprint density at radius 3 is 2.43 bits per heavy atom. The molecule has 0 spiro atoms. The highest BCUT2D eigenvalue weighted by atomic mass is 32.1.